The van der Waals surface area contributed by atoms with E-state index in [0.717, 1.165) is 6.92 Å². The zero-order chi connectivity index (χ0) is 8.20. The van der Waals surface area contributed by atoms with Gasteiger partial charge in [0.25, 0.3) is 0 Å². The third-order valence-electron chi connectivity index (χ3n) is 1.10. The van der Waals surface area contributed by atoms with E-state index in [2.05, 4.69) is 6.92 Å². The minimum absolute atomic E-state index is 0.128. The van der Waals surface area contributed by atoms with Gasteiger partial charge in [0, 0.05) is 6.42 Å². The minimum atomic E-state index is -2.88. The van der Waals surface area contributed by atoms with Gasteiger partial charge in [-0.2, -0.15) is 0 Å². The maximum atomic E-state index is 12.4. The second kappa shape index (κ2) is 3.84. The fourth-order valence-electron chi connectivity index (χ4n) is 0.712. The number of hydrogen-bond donors (Lipinski definition) is 0. The minimum Gasteiger partial charge on any atom is -0.247 e. The van der Waals surface area contributed by atoms with Crippen LogP contribution in [0.25, 0.3) is 0 Å². The summed E-state index contributed by atoms with van der Waals surface area (Å²) in [6.45, 7) is 4.10. The van der Waals surface area contributed by atoms with Crippen LogP contribution in [0.15, 0.2) is 0 Å². The van der Waals surface area contributed by atoms with E-state index >= 15 is 0 Å². The molecular weight excluding hydrogens is 141 g/mol. The summed E-state index contributed by atoms with van der Waals surface area (Å²) in [6.07, 6.45) is -1.58. The van der Waals surface area contributed by atoms with Crippen molar-refractivity contribution in [1.29, 1.82) is 0 Å². The lowest BCUT2D eigenvalue weighted by molar-refractivity contribution is -0.0105. The highest BCUT2D eigenvalue weighted by Gasteiger charge is 2.25. The second-order valence-corrected chi connectivity index (χ2v) is 2.51. The smallest absolute Gasteiger partial charge is 0.247 e. The van der Waals surface area contributed by atoms with E-state index in [9.17, 15) is 13.2 Å². The van der Waals surface area contributed by atoms with Gasteiger partial charge in [-0.15, -0.1) is 0 Å². The van der Waals surface area contributed by atoms with Gasteiger partial charge in [-0.05, 0) is 13.3 Å². The maximum Gasteiger partial charge on any atom is 0.248 e. The molecule has 0 rings (SSSR count). The lowest BCUT2D eigenvalue weighted by Gasteiger charge is -2.12. The first-order chi connectivity index (χ1) is 4.45. The average molecular weight is 153 g/mol. The Morgan fingerprint density at radius 2 is 2.00 bits per heavy atom. The summed E-state index contributed by atoms with van der Waals surface area (Å²) < 4.78 is 36.5. The van der Waals surface area contributed by atoms with Gasteiger partial charge in [-0.25, -0.2) is 13.2 Å². The molecule has 0 amide bonds. The molecule has 1 radical (unpaired) electrons. The molecule has 0 saturated carbocycles. The number of halogens is 3. The van der Waals surface area contributed by atoms with Crippen molar-refractivity contribution in [1.82, 2.24) is 0 Å². The van der Waals surface area contributed by atoms with Gasteiger partial charge in [0.05, 0.1) is 0 Å². The summed E-state index contributed by atoms with van der Waals surface area (Å²) in [5.74, 6) is -2.88. The molecule has 3 heteroatoms. The first-order valence-electron chi connectivity index (χ1n) is 3.27. The molecule has 0 aromatic heterocycles. The van der Waals surface area contributed by atoms with Crippen LogP contribution in [0.2, 0.25) is 0 Å². The quantitative estimate of drug-likeness (QED) is 0.582. The highest BCUT2D eigenvalue weighted by atomic mass is 19.3. The van der Waals surface area contributed by atoms with Gasteiger partial charge in [0.15, 0.2) is 0 Å². The van der Waals surface area contributed by atoms with Gasteiger partial charge in [0.2, 0.25) is 5.92 Å². The molecule has 0 aliphatic heterocycles. The van der Waals surface area contributed by atoms with Crippen LogP contribution in [0.5, 0.6) is 0 Å². The van der Waals surface area contributed by atoms with Crippen molar-refractivity contribution >= 4 is 0 Å². The predicted molar refractivity (Wildman–Crippen MR) is 34.7 cm³/mol. The lowest BCUT2D eigenvalue weighted by atomic mass is 10.1. The highest BCUT2D eigenvalue weighted by Crippen LogP contribution is 2.22. The van der Waals surface area contributed by atoms with E-state index < -0.39 is 18.5 Å². The molecule has 0 aliphatic carbocycles. The molecule has 10 heavy (non-hydrogen) atoms. The highest BCUT2D eigenvalue weighted by molar-refractivity contribution is 4.66. The van der Waals surface area contributed by atoms with Crippen LogP contribution in [0.3, 0.4) is 0 Å². The molecule has 0 spiro atoms. The molecule has 0 aliphatic rings. The number of rotatable bonds is 4. The molecule has 0 nitrogen and oxygen atoms in total. The molecule has 61 valence electrons. The van der Waals surface area contributed by atoms with Crippen molar-refractivity contribution in [3.8, 4) is 0 Å². The van der Waals surface area contributed by atoms with Crippen molar-refractivity contribution in [2.45, 2.75) is 38.3 Å². The van der Waals surface area contributed by atoms with E-state index in [4.69, 9.17) is 0 Å². The lowest BCUT2D eigenvalue weighted by Crippen LogP contribution is -2.17. The van der Waals surface area contributed by atoms with E-state index in [-0.39, 0.29) is 6.42 Å². The van der Waals surface area contributed by atoms with E-state index in [1.165, 1.54) is 0 Å². The fraction of sp³-hybridized carbons (Fsp3) is 0.857. The third-order valence-corrected chi connectivity index (χ3v) is 1.10. The molecule has 0 saturated heterocycles. The van der Waals surface area contributed by atoms with Crippen LogP contribution >= 0.6 is 0 Å². The van der Waals surface area contributed by atoms with Crippen molar-refractivity contribution < 1.29 is 13.2 Å². The Kier molecular flexibility index (Phi) is 3.76. The van der Waals surface area contributed by atoms with E-state index in [1.807, 2.05) is 0 Å². The first kappa shape index (κ1) is 9.79. The predicted octanol–water partition coefficient (Wildman–Crippen LogP) is 2.98. The SMILES string of the molecule is [CH2]CC[C@H](F)CC(C)(F)F. The Bertz CT molecular complexity index is 85.3. The van der Waals surface area contributed by atoms with Crippen molar-refractivity contribution in [3.05, 3.63) is 6.92 Å². The van der Waals surface area contributed by atoms with Crippen molar-refractivity contribution in [3.63, 3.8) is 0 Å². The van der Waals surface area contributed by atoms with E-state index in [0.29, 0.717) is 6.42 Å². The molecule has 0 N–H and O–H groups in total. The van der Waals surface area contributed by atoms with Gasteiger partial charge < -0.3 is 0 Å². The van der Waals surface area contributed by atoms with Crippen molar-refractivity contribution in [2.24, 2.45) is 0 Å². The molecule has 0 bridgehead atoms. The number of alkyl halides is 3. The normalized spacial score (nSPS) is 15.3. The zero-order valence-electron chi connectivity index (χ0n) is 6.04. The maximum absolute atomic E-state index is 12.4. The molecule has 0 aromatic carbocycles. The Hall–Kier alpha value is -0.210. The van der Waals surface area contributed by atoms with Gasteiger partial charge in [0.1, 0.15) is 6.17 Å². The summed E-state index contributed by atoms with van der Waals surface area (Å²) >= 11 is 0. The second-order valence-electron chi connectivity index (χ2n) is 2.51. The molecule has 1 atom stereocenters. The molecule has 0 aromatic rings. The monoisotopic (exact) mass is 153 g/mol. The average Bonchev–Trinajstić information content (AvgIpc) is 1.59. The molecule has 0 fully saturated rings. The van der Waals surface area contributed by atoms with Crippen LogP contribution < -0.4 is 0 Å². The van der Waals surface area contributed by atoms with Gasteiger partial charge in [-0.1, -0.05) is 13.3 Å². The standard InChI is InChI=1S/C7H12F3/c1-3-4-6(8)5-7(2,9)10/h6H,1,3-5H2,2H3/t6-/m0/s1. The topological polar surface area (TPSA) is 0 Å². The summed E-state index contributed by atoms with van der Waals surface area (Å²) in [5, 5.41) is 0. The summed E-state index contributed by atoms with van der Waals surface area (Å²) in [4.78, 5) is 0. The van der Waals surface area contributed by atoms with Crippen LogP contribution in [0, 0.1) is 6.92 Å². The van der Waals surface area contributed by atoms with Crippen LogP contribution in [-0.2, 0) is 0 Å². The molecule has 0 unspecified atom stereocenters. The third kappa shape index (κ3) is 5.92. The first-order valence-corrected chi connectivity index (χ1v) is 3.27. The largest absolute Gasteiger partial charge is 0.248 e. The van der Waals surface area contributed by atoms with Gasteiger partial charge in [-0.3, -0.25) is 0 Å². The van der Waals surface area contributed by atoms with Crippen LogP contribution in [-0.4, -0.2) is 12.1 Å². The van der Waals surface area contributed by atoms with Crippen LogP contribution in [0.4, 0.5) is 13.2 Å². The Labute approximate surface area is 59.4 Å². The van der Waals surface area contributed by atoms with Crippen LogP contribution in [0.1, 0.15) is 26.2 Å². The Balaban J connectivity index is 3.47. The van der Waals surface area contributed by atoms with E-state index in [1.54, 1.807) is 0 Å². The fourth-order valence-corrected chi connectivity index (χ4v) is 0.712. The van der Waals surface area contributed by atoms with Crippen molar-refractivity contribution in [2.75, 3.05) is 0 Å². The summed E-state index contributed by atoms with van der Waals surface area (Å²) in [5.41, 5.74) is 0. The Morgan fingerprint density at radius 1 is 1.50 bits per heavy atom. The summed E-state index contributed by atoms with van der Waals surface area (Å²) in [6, 6.07) is 0. The van der Waals surface area contributed by atoms with Gasteiger partial charge >= 0.3 is 0 Å². The summed E-state index contributed by atoms with van der Waals surface area (Å²) in [7, 11) is 0. The number of hydrogen-bond acceptors (Lipinski definition) is 0. The molecular formula is C7H12F3. The molecule has 0 heterocycles. The Morgan fingerprint density at radius 3 is 2.30 bits per heavy atom. The zero-order valence-corrected chi connectivity index (χ0v) is 6.04.